The number of rotatable bonds is 4. The molecule has 2 aromatic rings. The molecule has 0 spiro atoms. The predicted molar refractivity (Wildman–Crippen MR) is 63.0 cm³/mol. The van der Waals surface area contributed by atoms with Gasteiger partial charge in [-0.05, 0) is 24.4 Å². The molecule has 0 saturated heterocycles. The fourth-order valence-corrected chi connectivity index (χ4v) is 1.56. The fraction of sp³-hybridized carbons (Fsp3) is 0.300. The Balaban J connectivity index is 2.16. The Morgan fingerprint density at radius 3 is 3.06 bits per heavy atom. The van der Waals surface area contributed by atoms with Crippen LogP contribution in [0.5, 0.6) is 0 Å². The highest BCUT2D eigenvalue weighted by atomic mass is 32.1. The molecule has 0 fully saturated rings. The summed E-state index contributed by atoms with van der Waals surface area (Å²) >= 11 is 4.87. The molecule has 1 heterocycles. The number of aliphatic hydroxyl groups is 2. The van der Waals surface area contributed by atoms with Crippen molar-refractivity contribution in [1.82, 2.24) is 4.98 Å². The van der Waals surface area contributed by atoms with E-state index < -0.39 is 6.10 Å². The average molecular weight is 240 g/mol. The van der Waals surface area contributed by atoms with Gasteiger partial charge in [-0.15, -0.1) is 0 Å². The number of oxazole rings is 1. The number of nitrogens with one attached hydrogen (secondary N) is 2. The van der Waals surface area contributed by atoms with Crippen molar-refractivity contribution in [2.24, 2.45) is 0 Å². The van der Waals surface area contributed by atoms with E-state index in [4.69, 9.17) is 21.7 Å². The predicted octanol–water partition coefficient (Wildman–Crippen LogP) is 1.26. The van der Waals surface area contributed by atoms with E-state index in [1.807, 2.05) is 12.1 Å². The maximum atomic E-state index is 9.18. The molecule has 0 aliphatic heterocycles. The third kappa shape index (κ3) is 2.41. The summed E-state index contributed by atoms with van der Waals surface area (Å²) in [7, 11) is 0. The SMILES string of the molecule is OCC(O)CNc1ccc2[nH]c(=S)oc2c1. The first-order chi connectivity index (χ1) is 7.69. The van der Waals surface area contributed by atoms with E-state index in [2.05, 4.69) is 10.3 Å². The highest BCUT2D eigenvalue weighted by molar-refractivity contribution is 7.71. The average Bonchev–Trinajstić information content (AvgIpc) is 2.65. The van der Waals surface area contributed by atoms with Crippen LogP contribution in [0.3, 0.4) is 0 Å². The molecule has 16 heavy (non-hydrogen) atoms. The third-order valence-corrected chi connectivity index (χ3v) is 2.36. The molecule has 86 valence electrons. The van der Waals surface area contributed by atoms with Crippen molar-refractivity contribution in [1.29, 1.82) is 0 Å². The van der Waals surface area contributed by atoms with Crippen molar-refractivity contribution in [2.45, 2.75) is 6.10 Å². The minimum atomic E-state index is -0.770. The van der Waals surface area contributed by atoms with Crippen LogP contribution < -0.4 is 5.32 Å². The molecule has 5 nitrogen and oxygen atoms in total. The number of H-pyrrole nitrogens is 1. The molecule has 0 aliphatic rings. The molecule has 0 aliphatic carbocycles. The Morgan fingerprint density at radius 1 is 1.50 bits per heavy atom. The smallest absolute Gasteiger partial charge is 0.266 e. The number of fused-ring (bicyclic) bond motifs is 1. The summed E-state index contributed by atoms with van der Waals surface area (Å²) in [4.78, 5) is 3.23. The lowest BCUT2D eigenvalue weighted by Gasteiger charge is -2.09. The van der Waals surface area contributed by atoms with Crippen molar-refractivity contribution < 1.29 is 14.6 Å². The van der Waals surface area contributed by atoms with Gasteiger partial charge in [-0.25, -0.2) is 0 Å². The summed E-state index contributed by atoms with van der Waals surface area (Å²) in [5, 5.41) is 20.8. The van der Waals surface area contributed by atoms with Crippen molar-refractivity contribution in [3.05, 3.63) is 23.0 Å². The first kappa shape index (κ1) is 11.1. The quantitative estimate of drug-likeness (QED) is 0.605. The number of aliphatic hydroxyl groups excluding tert-OH is 2. The molecular weight excluding hydrogens is 228 g/mol. The summed E-state index contributed by atoms with van der Waals surface area (Å²) in [5.41, 5.74) is 2.30. The van der Waals surface area contributed by atoms with Crippen LogP contribution in [0, 0.1) is 4.84 Å². The second kappa shape index (κ2) is 4.65. The highest BCUT2D eigenvalue weighted by Gasteiger charge is 2.03. The molecule has 1 unspecified atom stereocenters. The number of benzene rings is 1. The zero-order valence-corrected chi connectivity index (χ0v) is 9.25. The third-order valence-electron chi connectivity index (χ3n) is 2.17. The van der Waals surface area contributed by atoms with Gasteiger partial charge < -0.3 is 24.9 Å². The van der Waals surface area contributed by atoms with Gasteiger partial charge in [0.05, 0.1) is 18.2 Å². The molecule has 1 aromatic heterocycles. The van der Waals surface area contributed by atoms with E-state index in [9.17, 15) is 5.11 Å². The van der Waals surface area contributed by atoms with E-state index in [0.29, 0.717) is 10.4 Å². The molecule has 0 bridgehead atoms. The zero-order valence-electron chi connectivity index (χ0n) is 8.43. The normalized spacial score (nSPS) is 12.9. The number of hydrogen-bond acceptors (Lipinski definition) is 5. The van der Waals surface area contributed by atoms with Crippen LogP contribution >= 0.6 is 12.2 Å². The van der Waals surface area contributed by atoms with Gasteiger partial charge in [-0.1, -0.05) is 0 Å². The van der Waals surface area contributed by atoms with E-state index in [-0.39, 0.29) is 13.2 Å². The molecule has 0 saturated carbocycles. The maximum Gasteiger partial charge on any atom is 0.266 e. The second-order valence-corrected chi connectivity index (χ2v) is 3.81. The van der Waals surface area contributed by atoms with Crippen LogP contribution in [-0.4, -0.2) is 34.5 Å². The summed E-state index contributed by atoms with van der Waals surface area (Å²) < 4.78 is 5.25. The Bertz CT molecular complexity index is 534. The minimum Gasteiger partial charge on any atom is -0.429 e. The molecule has 4 N–H and O–H groups in total. The van der Waals surface area contributed by atoms with E-state index in [0.717, 1.165) is 11.2 Å². The van der Waals surface area contributed by atoms with Gasteiger partial charge in [0.1, 0.15) is 0 Å². The topological polar surface area (TPSA) is 81.4 Å². The first-order valence-electron chi connectivity index (χ1n) is 4.84. The number of aromatic amines is 1. The fourth-order valence-electron chi connectivity index (χ4n) is 1.36. The van der Waals surface area contributed by atoms with Crippen molar-refractivity contribution in [2.75, 3.05) is 18.5 Å². The molecule has 1 aromatic carbocycles. The Hall–Kier alpha value is -1.37. The minimum absolute atomic E-state index is 0.264. The molecule has 0 radical (unpaired) electrons. The lowest BCUT2D eigenvalue weighted by Crippen LogP contribution is -2.22. The Labute approximate surface area is 96.7 Å². The monoisotopic (exact) mass is 240 g/mol. The summed E-state index contributed by atoms with van der Waals surface area (Å²) in [5.74, 6) is 0. The van der Waals surface area contributed by atoms with Crippen LogP contribution in [0.25, 0.3) is 11.1 Å². The van der Waals surface area contributed by atoms with E-state index in [1.54, 1.807) is 6.07 Å². The van der Waals surface area contributed by atoms with Crippen molar-refractivity contribution >= 4 is 29.0 Å². The Kier molecular flexibility index (Phi) is 3.23. The van der Waals surface area contributed by atoms with Gasteiger partial charge >= 0.3 is 0 Å². The van der Waals surface area contributed by atoms with Crippen LogP contribution in [0.15, 0.2) is 22.6 Å². The van der Waals surface area contributed by atoms with Gasteiger partial charge in [-0.2, -0.15) is 0 Å². The number of aromatic nitrogens is 1. The summed E-state index contributed by atoms with van der Waals surface area (Å²) in [6, 6.07) is 5.46. The van der Waals surface area contributed by atoms with Crippen LogP contribution in [0.2, 0.25) is 0 Å². The lowest BCUT2D eigenvalue weighted by atomic mass is 10.2. The number of hydrogen-bond donors (Lipinski definition) is 4. The van der Waals surface area contributed by atoms with Gasteiger partial charge in [0.25, 0.3) is 4.84 Å². The standard InChI is InChI=1S/C10H12N2O3S/c13-5-7(14)4-11-6-1-2-8-9(3-6)15-10(16)12-8/h1-3,7,11,13-14H,4-5H2,(H,12,16). The number of anilines is 1. The van der Waals surface area contributed by atoms with Gasteiger partial charge in [0.15, 0.2) is 5.58 Å². The molecule has 6 heteroatoms. The molecular formula is C10H12N2O3S. The van der Waals surface area contributed by atoms with Crippen LogP contribution in [0.1, 0.15) is 0 Å². The second-order valence-electron chi connectivity index (χ2n) is 3.44. The molecule has 1 atom stereocenters. The lowest BCUT2D eigenvalue weighted by molar-refractivity contribution is 0.105. The van der Waals surface area contributed by atoms with Gasteiger partial charge in [0.2, 0.25) is 0 Å². The summed E-state index contributed by atoms with van der Waals surface area (Å²) in [6.45, 7) is 0.0211. The van der Waals surface area contributed by atoms with Crippen LogP contribution in [-0.2, 0) is 0 Å². The van der Waals surface area contributed by atoms with Crippen molar-refractivity contribution in [3.63, 3.8) is 0 Å². The van der Waals surface area contributed by atoms with Gasteiger partial charge in [-0.3, -0.25) is 0 Å². The Morgan fingerprint density at radius 2 is 2.31 bits per heavy atom. The molecule has 2 rings (SSSR count). The van der Waals surface area contributed by atoms with E-state index >= 15 is 0 Å². The maximum absolute atomic E-state index is 9.18. The van der Waals surface area contributed by atoms with Crippen LogP contribution in [0.4, 0.5) is 5.69 Å². The summed E-state index contributed by atoms with van der Waals surface area (Å²) in [6.07, 6.45) is -0.770. The largest absolute Gasteiger partial charge is 0.429 e. The van der Waals surface area contributed by atoms with E-state index in [1.165, 1.54) is 0 Å². The van der Waals surface area contributed by atoms with Crippen molar-refractivity contribution in [3.8, 4) is 0 Å². The first-order valence-corrected chi connectivity index (χ1v) is 5.25. The van der Waals surface area contributed by atoms with Gasteiger partial charge in [0, 0.05) is 18.3 Å². The molecule has 0 amide bonds. The highest BCUT2D eigenvalue weighted by Crippen LogP contribution is 2.18. The zero-order chi connectivity index (χ0) is 11.5.